The van der Waals surface area contributed by atoms with Gasteiger partial charge in [0.15, 0.2) is 11.6 Å². The van der Waals surface area contributed by atoms with E-state index < -0.39 is 0 Å². The van der Waals surface area contributed by atoms with E-state index in [1.165, 1.54) is 0 Å². The molecule has 4 rings (SSSR count). The smallest absolute Gasteiger partial charge is 0.233 e. The molecule has 29 heavy (non-hydrogen) atoms. The van der Waals surface area contributed by atoms with Gasteiger partial charge >= 0.3 is 0 Å². The lowest BCUT2D eigenvalue weighted by molar-refractivity contribution is 0.0224. The minimum absolute atomic E-state index is 0.186. The molecule has 0 aromatic carbocycles. The van der Waals surface area contributed by atoms with Crippen molar-refractivity contribution in [1.29, 1.82) is 0 Å². The predicted octanol–water partition coefficient (Wildman–Crippen LogP) is 1.55. The molecule has 0 saturated carbocycles. The van der Waals surface area contributed by atoms with E-state index >= 15 is 0 Å². The summed E-state index contributed by atoms with van der Waals surface area (Å²) in [6, 6.07) is 1.86. The van der Waals surface area contributed by atoms with Crippen LogP contribution in [0.25, 0.3) is 22.6 Å². The zero-order valence-electron chi connectivity index (χ0n) is 16.7. The molecular formula is C18H24ClN7O3. The molecule has 1 unspecified atom stereocenters. The summed E-state index contributed by atoms with van der Waals surface area (Å²) in [6.45, 7) is 1.90. The van der Waals surface area contributed by atoms with Crippen LogP contribution < -0.4 is 15.6 Å². The third kappa shape index (κ3) is 3.47. The first-order valence-electron chi connectivity index (χ1n) is 9.21. The number of aromatic amines is 1. The molecule has 11 heteroatoms. The Morgan fingerprint density at radius 1 is 1.24 bits per heavy atom. The van der Waals surface area contributed by atoms with Gasteiger partial charge in [0.2, 0.25) is 5.88 Å². The van der Waals surface area contributed by atoms with Gasteiger partial charge in [0.1, 0.15) is 11.1 Å². The zero-order chi connectivity index (χ0) is 20.5. The Hall–Kier alpha value is -2.24. The van der Waals surface area contributed by atoms with Crippen molar-refractivity contribution in [3.8, 4) is 17.4 Å². The highest BCUT2D eigenvalue weighted by Gasteiger charge is 2.30. The van der Waals surface area contributed by atoms with Gasteiger partial charge in [0.05, 0.1) is 30.4 Å². The summed E-state index contributed by atoms with van der Waals surface area (Å²) in [5.74, 6) is 1.75. The van der Waals surface area contributed by atoms with Crippen LogP contribution in [0.4, 0.5) is 0 Å². The Kier molecular flexibility index (Phi) is 5.70. The fourth-order valence-corrected chi connectivity index (χ4v) is 3.95. The number of pyridine rings is 1. The number of nitrogens with zero attached hydrogens (tertiary/aromatic N) is 4. The minimum atomic E-state index is -0.332. The summed E-state index contributed by atoms with van der Waals surface area (Å²) in [4.78, 5) is 9.39. The number of methoxy groups -OCH3 is 3. The normalized spacial score (nSPS) is 16.0. The lowest BCUT2D eigenvalue weighted by atomic mass is 9.98. The van der Waals surface area contributed by atoms with Gasteiger partial charge in [0, 0.05) is 45.8 Å². The van der Waals surface area contributed by atoms with E-state index in [0.29, 0.717) is 29.2 Å². The van der Waals surface area contributed by atoms with Crippen LogP contribution in [0.3, 0.4) is 0 Å². The molecular weight excluding hydrogens is 398 g/mol. The average Bonchev–Trinajstić information content (AvgIpc) is 3.45. The van der Waals surface area contributed by atoms with Gasteiger partial charge in [-0.2, -0.15) is 5.10 Å². The Morgan fingerprint density at radius 2 is 2.00 bits per heavy atom. The molecule has 1 saturated heterocycles. The molecule has 1 aliphatic heterocycles. The third-order valence-corrected chi connectivity index (χ3v) is 5.45. The Bertz CT molecular complexity index is 1010. The van der Waals surface area contributed by atoms with Crippen LogP contribution in [0, 0.1) is 0 Å². The van der Waals surface area contributed by atoms with E-state index in [2.05, 4.69) is 21.0 Å². The molecule has 0 bridgehead atoms. The molecule has 1 atom stereocenters. The summed E-state index contributed by atoms with van der Waals surface area (Å²) < 4.78 is 18.0. The maximum Gasteiger partial charge on any atom is 0.233 e. The van der Waals surface area contributed by atoms with E-state index in [9.17, 15) is 0 Å². The molecule has 0 spiro atoms. The number of aromatic nitrogens is 5. The van der Waals surface area contributed by atoms with Crippen LogP contribution in [0.15, 0.2) is 6.07 Å². The standard InChI is InChI=1S/C18H24ClN7O3/c1-26-11-5-10(19)18(29-4)22-14(11)13(9-6-20-21-7-9)15(26)17-23-16(24-25-17)12(28-3)8-27-2/h5,9,12,20-21H,6-8H2,1-4H3,(H,23,24,25). The molecule has 3 N–H and O–H groups in total. The fraction of sp³-hybridized carbons (Fsp3) is 0.500. The average molecular weight is 422 g/mol. The van der Waals surface area contributed by atoms with Crippen molar-refractivity contribution in [2.45, 2.75) is 12.0 Å². The number of aryl methyl sites for hydroxylation is 1. The maximum atomic E-state index is 6.35. The van der Waals surface area contributed by atoms with E-state index in [1.807, 2.05) is 17.7 Å². The molecule has 3 aromatic heterocycles. The van der Waals surface area contributed by atoms with Gasteiger partial charge in [-0.25, -0.2) is 9.97 Å². The second kappa shape index (κ2) is 8.25. The Labute approximate surface area is 172 Å². The van der Waals surface area contributed by atoms with Crippen molar-refractivity contribution in [3.63, 3.8) is 0 Å². The second-order valence-corrected chi connectivity index (χ2v) is 7.26. The molecule has 156 valence electrons. The van der Waals surface area contributed by atoms with Crippen LogP contribution in [0.1, 0.15) is 23.4 Å². The van der Waals surface area contributed by atoms with Crippen LogP contribution in [0.5, 0.6) is 5.88 Å². The fourth-order valence-electron chi connectivity index (χ4n) is 3.73. The second-order valence-electron chi connectivity index (χ2n) is 6.85. The van der Waals surface area contributed by atoms with Crippen molar-refractivity contribution in [2.75, 3.05) is 41.0 Å². The van der Waals surface area contributed by atoms with Crippen LogP contribution in [-0.2, 0) is 16.5 Å². The van der Waals surface area contributed by atoms with E-state index in [0.717, 1.165) is 35.4 Å². The molecule has 4 heterocycles. The number of nitrogens with one attached hydrogen (secondary N) is 3. The highest BCUT2D eigenvalue weighted by molar-refractivity contribution is 6.32. The van der Waals surface area contributed by atoms with Gasteiger partial charge in [-0.3, -0.25) is 16.0 Å². The number of hydrogen-bond donors (Lipinski definition) is 3. The van der Waals surface area contributed by atoms with Crippen molar-refractivity contribution in [2.24, 2.45) is 7.05 Å². The van der Waals surface area contributed by atoms with Gasteiger partial charge in [-0.15, -0.1) is 0 Å². The molecule has 3 aromatic rings. The first kappa shape index (κ1) is 20.0. The van der Waals surface area contributed by atoms with Gasteiger partial charge in [-0.05, 0) is 6.07 Å². The van der Waals surface area contributed by atoms with E-state index in [4.69, 9.17) is 35.8 Å². The first-order valence-corrected chi connectivity index (χ1v) is 9.59. The zero-order valence-corrected chi connectivity index (χ0v) is 17.5. The quantitative estimate of drug-likeness (QED) is 0.527. The summed E-state index contributed by atoms with van der Waals surface area (Å²) >= 11 is 6.35. The van der Waals surface area contributed by atoms with Crippen LogP contribution in [0.2, 0.25) is 5.02 Å². The summed E-state index contributed by atoms with van der Waals surface area (Å²) in [5, 5.41) is 7.90. The minimum Gasteiger partial charge on any atom is -0.480 e. The first-order chi connectivity index (χ1) is 14.1. The molecule has 0 amide bonds. The third-order valence-electron chi connectivity index (χ3n) is 5.18. The van der Waals surface area contributed by atoms with Gasteiger partial charge in [-0.1, -0.05) is 11.6 Å². The number of halogens is 1. The Morgan fingerprint density at radius 3 is 2.66 bits per heavy atom. The van der Waals surface area contributed by atoms with Crippen molar-refractivity contribution in [1.82, 2.24) is 35.6 Å². The van der Waals surface area contributed by atoms with Crippen molar-refractivity contribution < 1.29 is 14.2 Å². The largest absolute Gasteiger partial charge is 0.480 e. The predicted molar refractivity (Wildman–Crippen MR) is 108 cm³/mol. The molecule has 0 aliphatic carbocycles. The lowest BCUT2D eigenvalue weighted by Gasteiger charge is -2.11. The highest BCUT2D eigenvalue weighted by Crippen LogP contribution is 2.39. The maximum absolute atomic E-state index is 6.35. The van der Waals surface area contributed by atoms with E-state index in [-0.39, 0.29) is 12.0 Å². The van der Waals surface area contributed by atoms with E-state index in [1.54, 1.807) is 21.3 Å². The molecule has 10 nitrogen and oxygen atoms in total. The molecule has 1 aliphatic rings. The topological polar surface area (TPSA) is 111 Å². The van der Waals surface area contributed by atoms with Crippen molar-refractivity contribution >= 4 is 22.6 Å². The molecule has 0 radical (unpaired) electrons. The summed E-state index contributed by atoms with van der Waals surface area (Å²) in [6.07, 6.45) is -0.332. The number of H-pyrrole nitrogens is 1. The van der Waals surface area contributed by atoms with Gasteiger partial charge in [0.25, 0.3) is 0 Å². The number of rotatable bonds is 7. The Balaban J connectivity index is 1.90. The van der Waals surface area contributed by atoms with Crippen LogP contribution in [-0.4, -0.2) is 65.8 Å². The monoisotopic (exact) mass is 421 g/mol. The lowest BCUT2D eigenvalue weighted by Crippen LogP contribution is -2.21. The number of fused-ring (bicyclic) bond motifs is 1. The number of hydrazine groups is 1. The highest BCUT2D eigenvalue weighted by atomic mass is 35.5. The van der Waals surface area contributed by atoms with Gasteiger partial charge < -0.3 is 18.8 Å². The molecule has 1 fully saturated rings. The number of hydrogen-bond acceptors (Lipinski definition) is 8. The van der Waals surface area contributed by atoms with Crippen LogP contribution >= 0.6 is 11.6 Å². The number of ether oxygens (including phenoxy) is 3. The summed E-state index contributed by atoms with van der Waals surface area (Å²) in [7, 11) is 6.75. The van der Waals surface area contributed by atoms with Crippen molar-refractivity contribution in [3.05, 3.63) is 22.5 Å². The summed E-state index contributed by atoms with van der Waals surface area (Å²) in [5.41, 5.74) is 10.00. The SMILES string of the molecule is COCC(OC)c1nc(-c2c(C3CNNC3)c3nc(OC)c(Cl)cc3n2C)n[nH]1.